The van der Waals surface area contributed by atoms with Crippen LogP contribution in [-0.2, 0) is 9.53 Å². The molecule has 3 aromatic rings. The van der Waals surface area contributed by atoms with Gasteiger partial charge in [0.25, 0.3) is 5.91 Å². The molecule has 5 nitrogen and oxygen atoms in total. The molecule has 3 rings (SSSR count). The number of ether oxygens (including phenoxy) is 1. The molecule has 1 amide bonds. The molecule has 0 aliphatic rings. The molecule has 0 fully saturated rings. The second kappa shape index (κ2) is 7.28. The van der Waals surface area contributed by atoms with Crippen LogP contribution >= 0.6 is 0 Å². The normalized spacial score (nSPS) is 10.0. The van der Waals surface area contributed by atoms with Crippen LogP contribution in [0, 0.1) is 11.3 Å². The second-order valence-corrected chi connectivity index (χ2v) is 5.31. The van der Waals surface area contributed by atoms with E-state index in [1.807, 2.05) is 36.4 Å². The molecule has 0 aliphatic carbocycles. The summed E-state index contributed by atoms with van der Waals surface area (Å²) >= 11 is 0. The Bertz CT molecular complexity index is 984. The second-order valence-electron chi connectivity index (χ2n) is 5.31. The lowest BCUT2D eigenvalue weighted by atomic mass is 10.1. The number of nitriles is 1. The van der Waals surface area contributed by atoms with E-state index in [9.17, 15) is 9.59 Å². The molecule has 0 bridgehead atoms. The van der Waals surface area contributed by atoms with Crippen molar-refractivity contribution < 1.29 is 14.3 Å². The number of amides is 1. The van der Waals surface area contributed by atoms with Crippen LogP contribution in [-0.4, -0.2) is 18.5 Å². The van der Waals surface area contributed by atoms with Gasteiger partial charge in [0, 0.05) is 0 Å². The summed E-state index contributed by atoms with van der Waals surface area (Å²) in [6.45, 7) is -0.429. The number of benzene rings is 3. The largest absolute Gasteiger partial charge is 0.452 e. The molecule has 1 N–H and O–H groups in total. The summed E-state index contributed by atoms with van der Waals surface area (Å²) in [5.41, 5.74) is 1.13. The van der Waals surface area contributed by atoms with E-state index < -0.39 is 18.5 Å². The summed E-state index contributed by atoms with van der Waals surface area (Å²) in [7, 11) is 0. The number of fused-ring (bicyclic) bond motifs is 1. The van der Waals surface area contributed by atoms with Gasteiger partial charge in [-0.3, -0.25) is 4.79 Å². The van der Waals surface area contributed by atoms with Gasteiger partial charge in [0.2, 0.25) is 0 Å². The first kappa shape index (κ1) is 16.2. The highest BCUT2D eigenvalue weighted by atomic mass is 16.5. The van der Waals surface area contributed by atoms with E-state index in [0.29, 0.717) is 16.8 Å². The first-order valence-electron chi connectivity index (χ1n) is 7.63. The van der Waals surface area contributed by atoms with Crippen molar-refractivity contribution >= 4 is 28.3 Å². The van der Waals surface area contributed by atoms with Crippen LogP contribution in [0.25, 0.3) is 10.8 Å². The van der Waals surface area contributed by atoms with Crippen molar-refractivity contribution in [3.05, 3.63) is 77.9 Å². The van der Waals surface area contributed by atoms with Crippen molar-refractivity contribution in [2.24, 2.45) is 0 Å². The van der Waals surface area contributed by atoms with Gasteiger partial charge in [-0.25, -0.2) is 4.79 Å². The summed E-state index contributed by atoms with van der Waals surface area (Å²) in [5, 5.41) is 13.3. The van der Waals surface area contributed by atoms with Gasteiger partial charge in [-0.1, -0.05) is 48.5 Å². The first-order valence-corrected chi connectivity index (χ1v) is 7.63. The molecule has 0 saturated carbocycles. The fourth-order valence-corrected chi connectivity index (χ4v) is 2.49. The maximum atomic E-state index is 12.3. The van der Waals surface area contributed by atoms with Gasteiger partial charge in [0.05, 0.1) is 16.8 Å². The predicted molar refractivity (Wildman–Crippen MR) is 94.0 cm³/mol. The Morgan fingerprint density at radius 2 is 1.68 bits per heavy atom. The highest BCUT2D eigenvalue weighted by Crippen LogP contribution is 2.19. The number of anilines is 1. The third kappa shape index (κ3) is 3.65. The highest BCUT2D eigenvalue weighted by molar-refractivity contribution is 6.05. The minimum Gasteiger partial charge on any atom is -0.452 e. The number of nitrogens with zero attached hydrogens (tertiary/aromatic N) is 1. The van der Waals surface area contributed by atoms with Gasteiger partial charge in [-0.15, -0.1) is 0 Å². The molecule has 0 spiro atoms. The highest BCUT2D eigenvalue weighted by Gasteiger charge is 2.14. The molecule has 0 aromatic heterocycles. The van der Waals surface area contributed by atoms with Gasteiger partial charge < -0.3 is 10.1 Å². The summed E-state index contributed by atoms with van der Waals surface area (Å²) in [6, 6.07) is 21.4. The average Bonchev–Trinajstić information content (AvgIpc) is 2.66. The smallest absolute Gasteiger partial charge is 0.339 e. The molecular formula is C20H14N2O3. The van der Waals surface area contributed by atoms with Crippen molar-refractivity contribution in [2.45, 2.75) is 0 Å². The number of para-hydroxylation sites is 1. The molecule has 0 heterocycles. The molecule has 3 aromatic carbocycles. The molecular weight excluding hydrogens is 316 g/mol. The predicted octanol–water partition coefficient (Wildman–Crippen LogP) is 3.51. The van der Waals surface area contributed by atoms with Gasteiger partial charge in [0.1, 0.15) is 6.07 Å². The van der Waals surface area contributed by atoms with Crippen LogP contribution in [0.4, 0.5) is 5.69 Å². The van der Waals surface area contributed by atoms with Crippen molar-refractivity contribution in [1.82, 2.24) is 0 Å². The molecule has 0 atom stereocenters. The van der Waals surface area contributed by atoms with Crippen LogP contribution in [0.2, 0.25) is 0 Å². The van der Waals surface area contributed by atoms with Crippen LogP contribution in [0.1, 0.15) is 15.9 Å². The fraction of sp³-hybridized carbons (Fsp3) is 0.0500. The quantitative estimate of drug-likeness (QED) is 0.743. The standard InChI is InChI=1S/C20H14N2O3/c21-12-15-7-2-4-11-18(15)22-19(23)13-25-20(24)17-10-5-8-14-6-1-3-9-16(14)17/h1-11H,13H2,(H,22,23). The van der Waals surface area contributed by atoms with E-state index in [2.05, 4.69) is 5.32 Å². The zero-order chi connectivity index (χ0) is 17.6. The monoisotopic (exact) mass is 330 g/mol. The molecule has 25 heavy (non-hydrogen) atoms. The van der Waals surface area contributed by atoms with Crippen LogP contribution in [0.3, 0.4) is 0 Å². The lowest BCUT2D eigenvalue weighted by Gasteiger charge is -2.09. The fourth-order valence-electron chi connectivity index (χ4n) is 2.49. The first-order chi connectivity index (χ1) is 12.2. The number of carbonyl (C=O) groups excluding carboxylic acids is 2. The molecule has 5 heteroatoms. The number of carbonyl (C=O) groups is 2. The summed E-state index contributed by atoms with van der Waals surface area (Å²) in [4.78, 5) is 24.3. The summed E-state index contributed by atoms with van der Waals surface area (Å²) < 4.78 is 5.11. The van der Waals surface area contributed by atoms with Gasteiger partial charge >= 0.3 is 5.97 Å². The summed E-state index contributed by atoms with van der Waals surface area (Å²) in [6.07, 6.45) is 0. The van der Waals surface area contributed by atoms with E-state index in [1.165, 1.54) is 0 Å². The lowest BCUT2D eigenvalue weighted by molar-refractivity contribution is -0.119. The Morgan fingerprint density at radius 3 is 2.52 bits per heavy atom. The van der Waals surface area contributed by atoms with E-state index in [1.54, 1.807) is 36.4 Å². The minimum atomic E-state index is -0.569. The topological polar surface area (TPSA) is 79.2 Å². The van der Waals surface area contributed by atoms with E-state index in [0.717, 1.165) is 10.8 Å². The van der Waals surface area contributed by atoms with Crippen molar-refractivity contribution in [2.75, 3.05) is 11.9 Å². The zero-order valence-corrected chi connectivity index (χ0v) is 13.2. The molecule has 122 valence electrons. The third-order valence-electron chi connectivity index (χ3n) is 3.67. The Hall–Kier alpha value is -3.65. The Kier molecular flexibility index (Phi) is 4.72. The van der Waals surface area contributed by atoms with E-state index >= 15 is 0 Å². The molecule has 0 radical (unpaired) electrons. The van der Waals surface area contributed by atoms with E-state index in [-0.39, 0.29) is 0 Å². The van der Waals surface area contributed by atoms with Gasteiger partial charge in [-0.05, 0) is 29.0 Å². The van der Waals surface area contributed by atoms with Gasteiger partial charge in [0.15, 0.2) is 6.61 Å². The average molecular weight is 330 g/mol. The van der Waals surface area contributed by atoms with E-state index in [4.69, 9.17) is 10.00 Å². The van der Waals surface area contributed by atoms with Crippen LogP contribution in [0.5, 0.6) is 0 Å². The number of rotatable bonds is 4. The number of esters is 1. The number of hydrogen-bond donors (Lipinski definition) is 1. The van der Waals surface area contributed by atoms with Crippen molar-refractivity contribution in [3.63, 3.8) is 0 Å². The SMILES string of the molecule is N#Cc1ccccc1NC(=O)COC(=O)c1cccc2ccccc12. The Morgan fingerprint density at radius 1 is 0.960 bits per heavy atom. The number of hydrogen-bond acceptors (Lipinski definition) is 4. The van der Waals surface area contributed by atoms with Crippen molar-refractivity contribution in [1.29, 1.82) is 5.26 Å². The third-order valence-corrected chi connectivity index (χ3v) is 3.67. The van der Waals surface area contributed by atoms with Crippen LogP contribution in [0.15, 0.2) is 66.7 Å². The number of nitrogens with one attached hydrogen (secondary N) is 1. The zero-order valence-electron chi connectivity index (χ0n) is 13.2. The Balaban J connectivity index is 1.68. The summed E-state index contributed by atoms with van der Waals surface area (Å²) in [5.74, 6) is -1.07. The van der Waals surface area contributed by atoms with Crippen molar-refractivity contribution in [3.8, 4) is 6.07 Å². The van der Waals surface area contributed by atoms with Crippen LogP contribution < -0.4 is 5.32 Å². The maximum absolute atomic E-state index is 12.3. The Labute approximate surface area is 144 Å². The molecule has 0 saturated heterocycles. The molecule has 0 aliphatic heterocycles. The van der Waals surface area contributed by atoms with Gasteiger partial charge in [-0.2, -0.15) is 5.26 Å². The molecule has 0 unspecified atom stereocenters. The maximum Gasteiger partial charge on any atom is 0.339 e. The minimum absolute atomic E-state index is 0.344. The lowest BCUT2D eigenvalue weighted by Crippen LogP contribution is -2.21.